The minimum Gasteiger partial charge on any atom is -0.362 e. The normalized spacial score (nSPS) is 51.2. The fourth-order valence-corrected chi connectivity index (χ4v) is 4.40. The number of rotatable bonds is 2. The zero-order chi connectivity index (χ0) is 11.1. The summed E-state index contributed by atoms with van der Waals surface area (Å²) < 4.78 is 12.0. The van der Waals surface area contributed by atoms with Crippen molar-refractivity contribution in [3.8, 4) is 0 Å². The molecule has 2 nitrogen and oxygen atoms in total. The first-order chi connectivity index (χ1) is 6.91. The fraction of sp³-hybridized carbons (Fsp3) is 1.00. The van der Waals surface area contributed by atoms with Gasteiger partial charge in [-0.1, -0.05) is 11.8 Å². The Hall–Kier alpha value is 0.270. The van der Waals surface area contributed by atoms with Gasteiger partial charge in [0.25, 0.3) is 0 Å². The first-order valence-electron chi connectivity index (χ1n) is 5.97. The van der Waals surface area contributed by atoms with Crippen molar-refractivity contribution < 1.29 is 9.47 Å². The maximum atomic E-state index is 5.99. The molecule has 88 valence electrons. The Morgan fingerprint density at radius 3 is 1.60 bits per heavy atom. The molecule has 3 heteroatoms. The summed E-state index contributed by atoms with van der Waals surface area (Å²) in [6, 6.07) is 0. The summed E-state index contributed by atoms with van der Waals surface area (Å²) >= 11 is 1.88. The van der Waals surface area contributed by atoms with Gasteiger partial charge in [-0.25, -0.2) is 0 Å². The van der Waals surface area contributed by atoms with Gasteiger partial charge in [0.05, 0.1) is 12.2 Å². The zero-order valence-electron chi connectivity index (χ0n) is 10.2. The number of ether oxygens (including phenoxy) is 2. The summed E-state index contributed by atoms with van der Waals surface area (Å²) in [6.45, 7) is 8.73. The zero-order valence-corrected chi connectivity index (χ0v) is 11.0. The standard InChI is InChI=1S/C12H22O2S/c1-9-5-7-11(3,13-9)15-12(4)8-6-10(2)14-12/h9-10H,5-8H2,1-4H3. The van der Waals surface area contributed by atoms with Crippen molar-refractivity contribution in [3.63, 3.8) is 0 Å². The van der Waals surface area contributed by atoms with Gasteiger partial charge in [-0.05, 0) is 53.4 Å². The minimum absolute atomic E-state index is 0.0295. The summed E-state index contributed by atoms with van der Waals surface area (Å²) in [5.74, 6) is 0. The van der Waals surface area contributed by atoms with E-state index < -0.39 is 0 Å². The molecule has 2 fully saturated rings. The van der Waals surface area contributed by atoms with Gasteiger partial charge in [0, 0.05) is 0 Å². The summed E-state index contributed by atoms with van der Waals surface area (Å²) in [5.41, 5.74) is 0. The van der Waals surface area contributed by atoms with Gasteiger partial charge >= 0.3 is 0 Å². The van der Waals surface area contributed by atoms with Crippen LogP contribution >= 0.6 is 11.8 Å². The van der Waals surface area contributed by atoms with E-state index in [0.717, 1.165) is 12.8 Å². The maximum absolute atomic E-state index is 5.99. The Morgan fingerprint density at radius 2 is 1.33 bits per heavy atom. The molecule has 2 heterocycles. The molecule has 0 bridgehead atoms. The van der Waals surface area contributed by atoms with Crippen LogP contribution in [0.3, 0.4) is 0 Å². The van der Waals surface area contributed by atoms with E-state index in [2.05, 4.69) is 27.7 Å². The summed E-state index contributed by atoms with van der Waals surface area (Å²) in [4.78, 5) is -0.0591. The predicted octanol–water partition coefficient (Wildman–Crippen LogP) is 3.55. The lowest BCUT2D eigenvalue weighted by Crippen LogP contribution is -2.31. The molecule has 0 aliphatic carbocycles. The van der Waals surface area contributed by atoms with Gasteiger partial charge in [-0.3, -0.25) is 0 Å². The van der Waals surface area contributed by atoms with Crippen LogP contribution in [-0.4, -0.2) is 22.1 Å². The molecule has 0 saturated carbocycles. The van der Waals surface area contributed by atoms with Crippen molar-refractivity contribution in [2.75, 3.05) is 0 Å². The largest absolute Gasteiger partial charge is 0.362 e. The average molecular weight is 230 g/mol. The van der Waals surface area contributed by atoms with Crippen LogP contribution in [0.15, 0.2) is 0 Å². The Labute approximate surface area is 97.1 Å². The van der Waals surface area contributed by atoms with Crippen molar-refractivity contribution in [1.29, 1.82) is 0 Å². The SMILES string of the molecule is CC1CCC(C)(SC2(C)CCC(C)O2)O1. The lowest BCUT2D eigenvalue weighted by atomic mass is 10.2. The first kappa shape index (κ1) is 11.7. The minimum atomic E-state index is -0.0295. The van der Waals surface area contributed by atoms with E-state index in [4.69, 9.17) is 9.47 Å². The van der Waals surface area contributed by atoms with Crippen LogP contribution < -0.4 is 0 Å². The molecule has 2 aliphatic rings. The maximum Gasteiger partial charge on any atom is 0.114 e. The Bertz CT molecular complexity index is 222. The molecular weight excluding hydrogens is 208 g/mol. The third-order valence-electron chi connectivity index (χ3n) is 3.34. The molecule has 4 atom stereocenters. The van der Waals surface area contributed by atoms with Gasteiger partial charge < -0.3 is 9.47 Å². The second-order valence-electron chi connectivity index (χ2n) is 5.30. The fourth-order valence-electron chi connectivity index (χ4n) is 2.62. The molecule has 0 aromatic heterocycles. The second kappa shape index (κ2) is 3.94. The van der Waals surface area contributed by atoms with Crippen LogP contribution in [0, 0.1) is 0 Å². The van der Waals surface area contributed by atoms with Crippen molar-refractivity contribution in [2.45, 2.75) is 75.5 Å². The molecule has 15 heavy (non-hydrogen) atoms. The quantitative estimate of drug-likeness (QED) is 0.723. The van der Waals surface area contributed by atoms with E-state index in [0.29, 0.717) is 12.2 Å². The Kier molecular flexibility index (Phi) is 3.08. The number of thioether (sulfide) groups is 1. The monoisotopic (exact) mass is 230 g/mol. The molecule has 0 radical (unpaired) electrons. The van der Waals surface area contributed by atoms with Crippen LogP contribution in [0.4, 0.5) is 0 Å². The topological polar surface area (TPSA) is 18.5 Å². The van der Waals surface area contributed by atoms with Crippen LogP contribution in [0.25, 0.3) is 0 Å². The summed E-state index contributed by atoms with van der Waals surface area (Å²) in [6.07, 6.45) is 5.46. The van der Waals surface area contributed by atoms with Crippen molar-refractivity contribution in [3.05, 3.63) is 0 Å². The third-order valence-corrected chi connectivity index (χ3v) is 4.81. The molecule has 2 rings (SSSR count). The van der Waals surface area contributed by atoms with Crippen LogP contribution in [-0.2, 0) is 9.47 Å². The Morgan fingerprint density at radius 1 is 0.933 bits per heavy atom. The van der Waals surface area contributed by atoms with E-state index in [1.54, 1.807) is 0 Å². The van der Waals surface area contributed by atoms with E-state index >= 15 is 0 Å². The van der Waals surface area contributed by atoms with Crippen LogP contribution in [0.2, 0.25) is 0 Å². The molecule has 0 spiro atoms. The molecular formula is C12H22O2S. The van der Waals surface area contributed by atoms with E-state index in [9.17, 15) is 0 Å². The van der Waals surface area contributed by atoms with Crippen molar-refractivity contribution in [1.82, 2.24) is 0 Å². The highest BCUT2D eigenvalue weighted by molar-refractivity contribution is 8.01. The molecule has 4 unspecified atom stereocenters. The average Bonchev–Trinajstić information content (AvgIpc) is 2.57. The van der Waals surface area contributed by atoms with Crippen molar-refractivity contribution in [2.24, 2.45) is 0 Å². The molecule has 2 saturated heterocycles. The van der Waals surface area contributed by atoms with Crippen LogP contribution in [0.1, 0.15) is 53.4 Å². The van der Waals surface area contributed by atoms with Gasteiger partial charge in [-0.2, -0.15) is 0 Å². The lowest BCUT2D eigenvalue weighted by Gasteiger charge is -2.33. The number of hydrogen-bond acceptors (Lipinski definition) is 3. The molecule has 0 aromatic rings. The van der Waals surface area contributed by atoms with Gasteiger partial charge in [0.15, 0.2) is 0 Å². The lowest BCUT2D eigenvalue weighted by molar-refractivity contribution is 0.0213. The van der Waals surface area contributed by atoms with E-state index in [1.807, 2.05) is 11.8 Å². The predicted molar refractivity (Wildman–Crippen MR) is 64.0 cm³/mol. The highest BCUT2D eigenvalue weighted by Gasteiger charge is 2.44. The molecule has 0 N–H and O–H groups in total. The number of hydrogen-bond donors (Lipinski definition) is 0. The van der Waals surface area contributed by atoms with Crippen molar-refractivity contribution >= 4 is 11.8 Å². The summed E-state index contributed by atoms with van der Waals surface area (Å²) in [5, 5.41) is 0. The van der Waals surface area contributed by atoms with Crippen LogP contribution in [0.5, 0.6) is 0 Å². The third kappa shape index (κ3) is 2.69. The van der Waals surface area contributed by atoms with Gasteiger partial charge in [0.1, 0.15) is 9.87 Å². The first-order valence-corrected chi connectivity index (χ1v) is 6.78. The van der Waals surface area contributed by atoms with E-state index in [-0.39, 0.29) is 9.87 Å². The van der Waals surface area contributed by atoms with Gasteiger partial charge in [0.2, 0.25) is 0 Å². The smallest absolute Gasteiger partial charge is 0.114 e. The molecule has 2 aliphatic heterocycles. The second-order valence-corrected chi connectivity index (χ2v) is 7.24. The molecule has 0 aromatic carbocycles. The Balaban J connectivity index is 1.96. The highest BCUT2D eigenvalue weighted by atomic mass is 32.2. The van der Waals surface area contributed by atoms with E-state index in [1.165, 1.54) is 12.8 Å². The van der Waals surface area contributed by atoms with Gasteiger partial charge in [-0.15, -0.1) is 0 Å². The summed E-state index contributed by atoms with van der Waals surface area (Å²) in [7, 11) is 0. The highest BCUT2D eigenvalue weighted by Crippen LogP contribution is 2.50. The molecule has 0 amide bonds.